The molecule has 2 rings (SSSR count). The van der Waals surface area contributed by atoms with Gasteiger partial charge in [0, 0.05) is 18.7 Å². The first kappa shape index (κ1) is 23.7. The lowest BCUT2D eigenvalue weighted by atomic mass is 10.2. The Kier molecular flexibility index (Phi) is 8.12. The maximum Gasteiger partial charge on any atom is 0.277 e. The van der Waals surface area contributed by atoms with Crippen LogP contribution in [0.3, 0.4) is 0 Å². The van der Waals surface area contributed by atoms with Crippen LogP contribution in [0.1, 0.15) is 24.2 Å². The van der Waals surface area contributed by atoms with Gasteiger partial charge in [-0.25, -0.2) is 17.2 Å². The molecule has 7 nitrogen and oxygen atoms in total. The Morgan fingerprint density at radius 3 is 2.48 bits per heavy atom. The summed E-state index contributed by atoms with van der Waals surface area (Å²) in [6.45, 7) is 2.14. The van der Waals surface area contributed by atoms with Crippen LogP contribution in [0.4, 0.5) is 8.78 Å². The number of nitrogens with two attached hydrogens (primary N) is 1. The van der Waals surface area contributed by atoms with E-state index in [1.165, 1.54) is 28.6 Å². The van der Waals surface area contributed by atoms with Crippen molar-refractivity contribution in [2.75, 3.05) is 26.2 Å². The van der Waals surface area contributed by atoms with E-state index in [4.69, 9.17) is 10.5 Å². The molecule has 1 amide bonds. The highest BCUT2D eigenvalue weighted by Gasteiger charge is 2.33. The molecule has 3 N–H and O–H groups in total. The Morgan fingerprint density at radius 2 is 1.93 bits per heavy atom. The summed E-state index contributed by atoms with van der Waals surface area (Å²) in [5.74, 6) is -4.02. The summed E-state index contributed by atoms with van der Waals surface area (Å²) in [7, 11) is -3.83. The minimum Gasteiger partial charge on any atom is -0.373 e. The second kappa shape index (κ2) is 9.24. The highest BCUT2D eigenvalue weighted by molar-refractivity contribution is 7.89. The number of hydrogen-bond acceptors (Lipinski definition) is 5. The highest BCUT2D eigenvalue weighted by atomic mass is 35.5. The van der Waals surface area contributed by atoms with Gasteiger partial charge in [-0.15, -0.1) is 12.4 Å². The number of sulfonamides is 1. The third kappa shape index (κ3) is 6.08. The molecule has 0 bridgehead atoms. The fraction of sp³-hybridized carbons (Fsp3) is 0.562. The molecule has 1 aromatic carbocycles. The van der Waals surface area contributed by atoms with E-state index in [2.05, 4.69) is 5.32 Å². The lowest BCUT2D eigenvalue weighted by Gasteiger charge is -2.34. The SMILES string of the molecule is CC1CN(S(=O)(=O)c2cccc(C(=O)NCC(F)(F)CN)c2)CC(C)O1.Cl. The predicted octanol–water partition coefficient (Wildman–Crippen LogP) is 1.23. The molecule has 0 aliphatic carbocycles. The highest BCUT2D eigenvalue weighted by Crippen LogP contribution is 2.22. The number of morpholine rings is 1. The molecular weight excluding hydrogens is 404 g/mol. The molecule has 1 aliphatic heterocycles. The van der Waals surface area contributed by atoms with Crippen molar-refractivity contribution < 1.29 is 26.7 Å². The van der Waals surface area contributed by atoms with Crippen LogP contribution in [-0.4, -0.2) is 62.9 Å². The van der Waals surface area contributed by atoms with Crippen LogP contribution in [0.25, 0.3) is 0 Å². The monoisotopic (exact) mass is 427 g/mol. The molecule has 0 saturated carbocycles. The second-order valence-electron chi connectivity index (χ2n) is 6.35. The van der Waals surface area contributed by atoms with Crippen LogP contribution in [0.2, 0.25) is 0 Å². The Balaban J connectivity index is 0.00000364. The van der Waals surface area contributed by atoms with Gasteiger partial charge in [0.05, 0.1) is 30.2 Å². The normalized spacial score (nSPS) is 21.4. The first-order valence-electron chi connectivity index (χ1n) is 8.17. The molecule has 1 saturated heterocycles. The van der Waals surface area contributed by atoms with Crippen molar-refractivity contribution in [1.29, 1.82) is 0 Å². The molecule has 154 valence electrons. The van der Waals surface area contributed by atoms with Gasteiger partial charge < -0.3 is 15.8 Å². The number of hydrogen-bond donors (Lipinski definition) is 2. The first-order valence-corrected chi connectivity index (χ1v) is 9.61. The summed E-state index contributed by atoms with van der Waals surface area (Å²) in [5.41, 5.74) is 4.90. The molecule has 11 heteroatoms. The van der Waals surface area contributed by atoms with E-state index < -0.39 is 34.9 Å². The Labute approximate surface area is 163 Å². The molecule has 1 aliphatic rings. The van der Waals surface area contributed by atoms with Gasteiger partial charge in [0.25, 0.3) is 11.8 Å². The predicted molar refractivity (Wildman–Crippen MR) is 98.8 cm³/mol. The largest absolute Gasteiger partial charge is 0.373 e. The topological polar surface area (TPSA) is 102 Å². The summed E-state index contributed by atoms with van der Waals surface area (Å²) in [6, 6.07) is 5.30. The van der Waals surface area contributed by atoms with E-state index in [0.29, 0.717) is 0 Å². The summed E-state index contributed by atoms with van der Waals surface area (Å²) in [6.07, 6.45) is -0.503. The van der Waals surface area contributed by atoms with Crippen molar-refractivity contribution >= 4 is 28.3 Å². The second-order valence-corrected chi connectivity index (χ2v) is 8.29. The number of nitrogens with zero attached hydrogens (tertiary/aromatic N) is 1. The zero-order valence-electron chi connectivity index (χ0n) is 15.0. The molecule has 27 heavy (non-hydrogen) atoms. The van der Waals surface area contributed by atoms with Crippen LogP contribution < -0.4 is 11.1 Å². The number of amides is 1. The summed E-state index contributed by atoms with van der Waals surface area (Å²) < 4.78 is 58.8. The van der Waals surface area contributed by atoms with Gasteiger partial charge in [-0.05, 0) is 32.0 Å². The number of rotatable bonds is 6. The minimum atomic E-state index is -3.83. The van der Waals surface area contributed by atoms with E-state index in [1.807, 2.05) is 0 Å². The fourth-order valence-corrected chi connectivity index (χ4v) is 4.29. The van der Waals surface area contributed by atoms with Crippen molar-refractivity contribution in [3.8, 4) is 0 Å². The molecule has 1 aromatic rings. The third-order valence-electron chi connectivity index (χ3n) is 3.93. The van der Waals surface area contributed by atoms with E-state index in [9.17, 15) is 22.0 Å². The average Bonchev–Trinajstić information content (AvgIpc) is 2.59. The lowest BCUT2D eigenvalue weighted by Crippen LogP contribution is -2.48. The Morgan fingerprint density at radius 1 is 1.33 bits per heavy atom. The van der Waals surface area contributed by atoms with Gasteiger partial charge in [-0.3, -0.25) is 4.79 Å². The van der Waals surface area contributed by atoms with Crippen molar-refractivity contribution in [1.82, 2.24) is 9.62 Å². The molecule has 2 unspecified atom stereocenters. The number of carbonyl (C=O) groups excluding carboxylic acids is 1. The Hall–Kier alpha value is -1.33. The van der Waals surface area contributed by atoms with Gasteiger partial charge in [-0.1, -0.05) is 6.07 Å². The standard InChI is InChI=1S/C16H23F2N3O4S.ClH/c1-11-7-21(8-12(2)25-11)26(23,24)14-5-3-4-13(6-14)15(22)20-10-16(17,18)9-19;/h3-6,11-12H,7-10,19H2,1-2H3,(H,20,22);1H. The summed E-state index contributed by atoms with van der Waals surface area (Å²) >= 11 is 0. The van der Waals surface area contributed by atoms with Crippen molar-refractivity contribution in [2.24, 2.45) is 5.73 Å². The maximum absolute atomic E-state index is 13.2. The van der Waals surface area contributed by atoms with Gasteiger partial charge in [0.1, 0.15) is 0 Å². The summed E-state index contributed by atoms with van der Waals surface area (Å²) in [4.78, 5) is 12.0. The molecule has 2 atom stereocenters. The van der Waals surface area contributed by atoms with Crippen LogP contribution in [0.5, 0.6) is 0 Å². The fourth-order valence-electron chi connectivity index (χ4n) is 2.66. The van der Waals surface area contributed by atoms with E-state index in [0.717, 1.165) is 0 Å². The van der Waals surface area contributed by atoms with E-state index in [-0.39, 0.29) is 48.2 Å². The lowest BCUT2D eigenvalue weighted by molar-refractivity contribution is -0.0440. The number of carbonyl (C=O) groups is 1. The minimum absolute atomic E-state index is 0. The van der Waals surface area contributed by atoms with Crippen molar-refractivity contribution in [2.45, 2.75) is 36.9 Å². The Bertz CT molecular complexity index is 754. The van der Waals surface area contributed by atoms with Crippen LogP contribution >= 0.6 is 12.4 Å². The zero-order valence-corrected chi connectivity index (χ0v) is 16.7. The van der Waals surface area contributed by atoms with Crippen molar-refractivity contribution in [3.05, 3.63) is 29.8 Å². The van der Waals surface area contributed by atoms with Gasteiger partial charge in [-0.2, -0.15) is 4.31 Å². The number of benzene rings is 1. The van der Waals surface area contributed by atoms with E-state index in [1.54, 1.807) is 13.8 Å². The average molecular weight is 428 g/mol. The number of ether oxygens (including phenoxy) is 1. The molecule has 0 radical (unpaired) electrons. The van der Waals surface area contributed by atoms with Gasteiger partial charge in [0.15, 0.2) is 0 Å². The number of nitrogens with one attached hydrogen (secondary N) is 1. The van der Waals surface area contributed by atoms with Gasteiger partial charge in [0.2, 0.25) is 10.0 Å². The third-order valence-corrected chi connectivity index (χ3v) is 5.75. The smallest absolute Gasteiger partial charge is 0.277 e. The molecule has 1 heterocycles. The number of alkyl halides is 2. The quantitative estimate of drug-likeness (QED) is 0.711. The van der Waals surface area contributed by atoms with Crippen LogP contribution in [-0.2, 0) is 14.8 Å². The zero-order chi connectivity index (χ0) is 19.5. The van der Waals surface area contributed by atoms with Gasteiger partial charge >= 0.3 is 0 Å². The van der Waals surface area contributed by atoms with Crippen molar-refractivity contribution in [3.63, 3.8) is 0 Å². The molecule has 0 aromatic heterocycles. The maximum atomic E-state index is 13.2. The van der Waals surface area contributed by atoms with Crippen LogP contribution in [0, 0.1) is 0 Å². The van der Waals surface area contributed by atoms with E-state index >= 15 is 0 Å². The number of halogens is 3. The molecular formula is C16H24ClF2N3O4S. The molecule has 0 spiro atoms. The van der Waals surface area contributed by atoms with Crippen LogP contribution in [0.15, 0.2) is 29.2 Å². The molecule has 1 fully saturated rings. The summed E-state index contributed by atoms with van der Waals surface area (Å²) in [5, 5.41) is 2.07. The first-order chi connectivity index (χ1) is 12.0.